The molecule has 1 saturated carbocycles. The predicted octanol–water partition coefficient (Wildman–Crippen LogP) is 4.00. The molecule has 0 aromatic heterocycles. The Bertz CT molecular complexity index is 753. The molecule has 0 bridgehead atoms. The number of carbonyl (C=O) groups is 2. The van der Waals surface area contributed by atoms with E-state index in [2.05, 4.69) is 0 Å². The molecular weight excluding hydrogens is 306 g/mol. The molecule has 1 fully saturated rings. The summed E-state index contributed by atoms with van der Waals surface area (Å²) >= 11 is 0. The van der Waals surface area contributed by atoms with Crippen LogP contribution in [0.4, 0.5) is 10.5 Å². The van der Waals surface area contributed by atoms with E-state index in [1.807, 2.05) is 43.3 Å². The number of aromatic carboxylic acids is 1. The lowest BCUT2D eigenvalue weighted by atomic mass is 10.1. The number of benzene rings is 2. The first-order valence-corrected chi connectivity index (χ1v) is 7.90. The van der Waals surface area contributed by atoms with Gasteiger partial charge in [-0.15, -0.1) is 0 Å². The lowest BCUT2D eigenvalue weighted by molar-refractivity contribution is 0.0697. The monoisotopic (exact) mass is 325 g/mol. The van der Waals surface area contributed by atoms with Crippen LogP contribution in [0.25, 0.3) is 0 Å². The van der Waals surface area contributed by atoms with Gasteiger partial charge in [0.25, 0.3) is 0 Å². The third-order valence-electron chi connectivity index (χ3n) is 3.96. The van der Waals surface area contributed by atoms with E-state index in [0.717, 1.165) is 24.0 Å². The van der Waals surface area contributed by atoms with E-state index in [-0.39, 0.29) is 18.2 Å². The lowest BCUT2D eigenvalue weighted by Gasteiger charge is -2.23. The Morgan fingerprint density at radius 2 is 1.88 bits per heavy atom. The van der Waals surface area contributed by atoms with Gasteiger partial charge in [0.15, 0.2) is 0 Å². The van der Waals surface area contributed by atoms with Crippen molar-refractivity contribution in [1.82, 2.24) is 0 Å². The Balaban J connectivity index is 1.82. The molecule has 124 valence electrons. The zero-order chi connectivity index (χ0) is 17.1. The molecule has 5 heteroatoms. The van der Waals surface area contributed by atoms with Gasteiger partial charge in [-0.25, -0.2) is 9.59 Å². The molecule has 0 unspecified atom stereocenters. The Labute approximate surface area is 140 Å². The van der Waals surface area contributed by atoms with Crippen molar-refractivity contribution in [2.24, 2.45) is 0 Å². The summed E-state index contributed by atoms with van der Waals surface area (Å²) in [5.74, 6) is -1.05. The van der Waals surface area contributed by atoms with Crippen LogP contribution in [0, 0.1) is 6.92 Å². The van der Waals surface area contributed by atoms with E-state index in [4.69, 9.17) is 4.74 Å². The first kappa shape index (κ1) is 16.1. The molecule has 0 atom stereocenters. The number of anilines is 1. The average molecular weight is 325 g/mol. The second-order valence-electron chi connectivity index (χ2n) is 5.97. The average Bonchev–Trinajstić information content (AvgIpc) is 3.40. The fraction of sp³-hybridized carbons (Fsp3) is 0.263. The molecule has 3 rings (SSSR count). The standard InChI is InChI=1S/C19H19NO4/c1-13-7-10-17(16(11-13)18(21)22)20(15-8-9-15)19(23)24-12-14-5-3-2-4-6-14/h2-7,10-11,15H,8-9,12H2,1H3,(H,21,22). The smallest absolute Gasteiger partial charge is 0.414 e. The van der Waals surface area contributed by atoms with Gasteiger partial charge in [0.2, 0.25) is 0 Å². The number of rotatable bonds is 5. The maximum absolute atomic E-state index is 12.6. The molecular formula is C19H19NO4. The van der Waals surface area contributed by atoms with Crippen LogP contribution in [0.3, 0.4) is 0 Å². The number of hydrogen-bond donors (Lipinski definition) is 1. The van der Waals surface area contributed by atoms with Gasteiger partial charge >= 0.3 is 12.1 Å². The molecule has 0 saturated heterocycles. The Hall–Kier alpha value is -2.82. The summed E-state index contributed by atoms with van der Waals surface area (Å²) in [5.41, 5.74) is 2.25. The highest BCUT2D eigenvalue weighted by molar-refractivity contribution is 6.00. The van der Waals surface area contributed by atoms with Crippen molar-refractivity contribution in [3.63, 3.8) is 0 Å². The van der Waals surface area contributed by atoms with Crippen LogP contribution in [-0.2, 0) is 11.3 Å². The first-order chi connectivity index (χ1) is 11.6. The summed E-state index contributed by atoms with van der Waals surface area (Å²) in [6.45, 7) is 1.99. The maximum Gasteiger partial charge on any atom is 0.414 e. The largest absolute Gasteiger partial charge is 0.478 e. The molecule has 0 spiro atoms. The van der Waals surface area contributed by atoms with Crippen molar-refractivity contribution < 1.29 is 19.4 Å². The lowest BCUT2D eigenvalue weighted by Crippen LogP contribution is -2.34. The van der Waals surface area contributed by atoms with Crippen LogP contribution in [-0.4, -0.2) is 23.2 Å². The molecule has 0 radical (unpaired) electrons. The van der Waals surface area contributed by atoms with Gasteiger partial charge in [0.1, 0.15) is 6.61 Å². The molecule has 1 aliphatic rings. The minimum Gasteiger partial charge on any atom is -0.478 e. The first-order valence-electron chi connectivity index (χ1n) is 7.90. The van der Waals surface area contributed by atoms with Gasteiger partial charge < -0.3 is 9.84 Å². The van der Waals surface area contributed by atoms with Crippen molar-refractivity contribution in [2.45, 2.75) is 32.4 Å². The predicted molar refractivity (Wildman–Crippen MR) is 90.3 cm³/mol. The van der Waals surface area contributed by atoms with E-state index in [1.165, 1.54) is 4.90 Å². The highest BCUT2D eigenvalue weighted by Crippen LogP contribution is 2.35. The van der Waals surface area contributed by atoms with E-state index in [0.29, 0.717) is 5.69 Å². The van der Waals surface area contributed by atoms with Gasteiger partial charge in [0.05, 0.1) is 11.3 Å². The van der Waals surface area contributed by atoms with Crippen molar-refractivity contribution in [3.8, 4) is 0 Å². The van der Waals surface area contributed by atoms with E-state index in [1.54, 1.807) is 12.1 Å². The van der Waals surface area contributed by atoms with E-state index >= 15 is 0 Å². The number of carboxylic acids is 1. The Morgan fingerprint density at radius 1 is 1.17 bits per heavy atom. The van der Waals surface area contributed by atoms with Crippen LogP contribution < -0.4 is 4.90 Å². The van der Waals surface area contributed by atoms with Crippen LogP contribution >= 0.6 is 0 Å². The third kappa shape index (κ3) is 3.56. The topological polar surface area (TPSA) is 66.8 Å². The summed E-state index contributed by atoms with van der Waals surface area (Å²) in [6.07, 6.45) is 1.20. The van der Waals surface area contributed by atoms with Crippen molar-refractivity contribution >= 4 is 17.7 Å². The molecule has 0 aliphatic heterocycles. The van der Waals surface area contributed by atoms with Crippen molar-refractivity contribution in [3.05, 3.63) is 65.2 Å². The Morgan fingerprint density at radius 3 is 2.50 bits per heavy atom. The highest BCUT2D eigenvalue weighted by Gasteiger charge is 2.36. The molecule has 1 N–H and O–H groups in total. The molecule has 0 heterocycles. The van der Waals surface area contributed by atoms with E-state index < -0.39 is 12.1 Å². The summed E-state index contributed by atoms with van der Waals surface area (Å²) in [4.78, 5) is 25.6. The van der Waals surface area contributed by atoms with Crippen LogP contribution in [0.5, 0.6) is 0 Å². The van der Waals surface area contributed by atoms with E-state index in [9.17, 15) is 14.7 Å². The SMILES string of the molecule is Cc1ccc(N(C(=O)OCc2ccccc2)C2CC2)c(C(=O)O)c1. The molecule has 24 heavy (non-hydrogen) atoms. The quantitative estimate of drug-likeness (QED) is 0.902. The summed E-state index contributed by atoms with van der Waals surface area (Å²) in [7, 11) is 0. The van der Waals surface area contributed by atoms with Crippen LogP contribution in [0.2, 0.25) is 0 Å². The summed E-state index contributed by atoms with van der Waals surface area (Å²) < 4.78 is 5.40. The number of nitrogens with zero attached hydrogens (tertiary/aromatic N) is 1. The second kappa shape index (κ2) is 6.74. The van der Waals surface area contributed by atoms with Gasteiger partial charge in [-0.2, -0.15) is 0 Å². The van der Waals surface area contributed by atoms with Gasteiger partial charge in [0, 0.05) is 6.04 Å². The highest BCUT2D eigenvalue weighted by atomic mass is 16.6. The molecule has 1 amide bonds. The zero-order valence-electron chi connectivity index (χ0n) is 13.4. The number of hydrogen-bond acceptors (Lipinski definition) is 3. The molecule has 1 aliphatic carbocycles. The third-order valence-corrected chi connectivity index (χ3v) is 3.96. The summed E-state index contributed by atoms with van der Waals surface area (Å²) in [5, 5.41) is 9.45. The fourth-order valence-electron chi connectivity index (χ4n) is 2.60. The normalized spacial score (nSPS) is 13.4. The van der Waals surface area contributed by atoms with Crippen molar-refractivity contribution in [2.75, 3.05) is 4.90 Å². The summed E-state index contributed by atoms with van der Waals surface area (Å²) in [6, 6.07) is 14.5. The minimum absolute atomic E-state index is 0.00841. The molecule has 5 nitrogen and oxygen atoms in total. The maximum atomic E-state index is 12.6. The zero-order valence-corrected chi connectivity index (χ0v) is 13.4. The number of carboxylic acid groups (broad SMARTS) is 1. The van der Waals surface area contributed by atoms with Gasteiger partial charge in [-0.1, -0.05) is 42.0 Å². The minimum atomic E-state index is -1.05. The molecule has 2 aromatic rings. The number of aryl methyl sites for hydroxylation is 1. The Kier molecular flexibility index (Phi) is 4.51. The fourth-order valence-corrected chi connectivity index (χ4v) is 2.60. The molecule has 2 aromatic carbocycles. The van der Waals surface area contributed by atoms with Gasteiger partial charge in [-0.05, 0) is 37.5 Å². The van der Waals surface area contributed by atoms with Gasteiger partial charge in [-0.3, -0.25) is 4.90 Å². The van der Waals surface area contributed by atoms with Crippen molar-refractivity contribution in [1.29, 1.82) is 0 Å². The van der Waals surface area contributed by atoms with Crippen LogP contribution in [0.15, 0.2) is 48.5 Å². The number of carbonyl (C=O) groups excluding carboxylic acids is 1. The second-order valence-corrected chi connectivity index (χ2v) is 5.97. The van der Waals surface area contributed by atoms with Crippen LogP contribution in [0.1, 0.15) is 34.3 Å². The number of amides is 1. The number of ether oxygens (including phenoxy) is 1.